The van der Waals surface area contributed by atoms with Gasteiger partial charge in [0.05, 0.1) is 14.2 Å². The van der Waals surface area contributed by atoms with E-state index >= 15 is 0 Å². The first kappa shape index (κ1) is 18.4. The lowest BCUT2D eigenvalue weighted by atomic mass is 9.77. The van der Waals surface area contributed by atoms with Crippen LogP contribution in [0.5, 0.6) is 11.5 Å². The van der Waals surface area contributed by atoms with Gasteiger partial charge in [-0.1, -0.05) is 58.9 Å². The quantitative estimate of drug-likeness (QED) is 0.720. The molecule has 0 amide bonds. The van der Waals surface area contributed by atoms with Crippen LogP contribution in [-0.4, -0.2) is 14.2 Å². The van der Waals surface area contributed by atoms with E-state index in [1.54, 1.807) is 14.2 Å². The van der Waals surface area contributed by atoms with Crippen molar-refractivity contribution in [1.29, 1.82) is 0 Å². The minimum atomic E-state index is 0.0261. The maximum Gasteiger partial charge on any atom is 0.122 e. The van der Waals surface area contributed by atoms with Crippen molar-refractivity contribution in [2.24, 2.45) is 0 Å². The van der Waals surface area contributed by atoms with Gasteiger partial charge in [-0.15, -0.1) is 0 Å². The fraction of sp³-hybridized carbons (Fsp3) is 0.455. The van der Waals surface area contributed by atoms with Gasteiger partial charge in [-0.2, -0.15) is 0 Å². The van der Waals surface area contributed by atoms with Crippen LogP contribution in [0.15, 0.2) is 42.5 Å². The Morgan fingerprint density at radius 1 is 0.833 bits per heavy atom. The van der Waals surface area contributed by atoms with Gasteiger partial charge in [-0.25, -0.2) is 0 Å². The van der Waals surface area contributed by atoms with Crippen LogP contribution < -0.4 is 9.47 Å². The summed E-state index contributed by atoms with van der Waals surface area (Å²) in [5, 5.41) is 0. The summed E-state index contributed by atoms with van der Waals surface area (Å²) < 4.78 is 10.9. The summed E-state index contributed by atoms with van der Waals surface area (Å²) in [6, 6.07) is 14.9. The van der Waals surface area contributed by atoms with Crippen LogP contribution in [0, 0.1) is 0 Å². The Kier molecular flexibility index (Phi) is 5.27. The van der Waals surface area contributed by atoms with Crippen LogP contribution in [0.1, 0.15) is 51.3 Å². The van der Waals surface area contributed by atoms with Gasteiger partial charge in [0.2, 0.25) is 0 Å². The maximum atomic E-state index is 5.56. The van der Waals surface area contributed by atoms with Crippen LogP contribution >= 0.6 is 0 Å². The zero-order valence-electron chi connectivity index (χ0n) is 16.1. The molecule has 0 bridgehead atoms. The van der Waals surface area contributed by atoms with Crippen molar-refractivity contribution < 1.29 is 9.47 Å². The monoisotopic (exact) mass is 326 g/mol. The molecule has 0 saturated heterocycles. The van der Waals surface area contributed by atoms with E-state index in [2.05, 4.69) is 71.0 Å². The highest BCUT2D eigenvalue weighted by Crippen LogP contribution is 2.35. The second kappa shape index (κ2) is 6.88. The van der Waals surface area contributed by atoms with E-state index in [0.29, 0.717) is 0 Å². The highest BCUT2D eigenvalue weighted by atomic mass is 16.5. The summed E-state index contributed by atoms with van der Waals surface area (Å²) >= 11 is 0. The molecule has 0 fully saturated rings. The average Bonchev–Trinajstić information content (AvgIpc) is 2.53. The Morgan fingerprint density at radius 2 is 1.54 bits per heavy atom. The first-order chi connectivity index (χ1) is 11.2. The lowest BCUT2D eigenvalue weighted by Crippen LogP contribution is -2.21. The predicted molar refractivity (Wildman–Crippen MR) is 101 cm³/mol. The summed E-state index contributed by atoms with van der Waals surface area (Å²) in [5.41, 5.74) is 3.95. The van der Waals surface area contributed by atoms with Gasteiger partial charge in [0, 0.05) is 0 Å². The van der Waals surface area contributed by atoms with Crippen molar-refractivity contribution in [3.8, 4) is 11.5 Å². The second-order valence-electron chi connectivity index (χ2n) is 8.08. The molecule has 2 aromatic rings. The van der Waals surface area contributed by atoms with Gasteiger partial charge >= 0.3 is 0 Å². The van der Waals surface area contributed by atoms with Crippen molar-refractivity contribution in [3.05, 3.63) is 59.2 Å². The number of hydrogen-bond acceptors (Lipinski definition) is 2. The first-order valence-electron chi connectivity index (χ1n) is 8.49. The molecule has 0 aromatic heterocycles. The zero-order valence-corrected chi connectivity index (χ0v) is 16.1. The highest BCUT2D eigenvalue weighted by molar-refractivity contribution is 5.43. The first-order valence-corrected chi connectivity index (χ1v) is 8.49. The molecule has 0 aliphatic carbocycles. The Balaban J connectivity index is 2.35. The topological polar surface area (TPSA) is 18.5 Å². The normalized spacial score (nSPS) is 12.1. The van der Waals surface area contributed by atoms with Crippen molar-refractivity contribution in [2.75, 3.05) is 14.2 Å². The lowest BCUT2D eigenvalue weighted by Gasteiger charge is -2.28. The second-order valence-corrected chi connectivity index (χ2v) is 8.08. The van der Waals surface area contributed by atoms with E-state index in [1.807, 2.05) is 6.07 Å². The number of benzene rings is 2. The maximum absolute atomic E-state index is 5.56. The van der Waals surface area contributed by atoms with E-state index in [9.17, 15) is 0 Å². The Labute approximate surface area is 146 Å². The van der Waals surface area contributed by atoms with Gasteiger partial charge in [-0.3, -0.25) is 0 Å². The largest absolute Gasteiger partial charge is 0.497 e. The third-order valence-corrected chi connectivity index (χ3v) is 4.57. The summed E-state index contributed by atoms with van der Waals surface area (Å²) in [6.45, 7) is 11.2. The van der Waals surface area contributed by atoms with Gasteiger partial charge < -0.3 is 9.47 Å². The van der Waals surface area contributed by atoms with Crippen LogP contribution in [0.2, 0.25) is 0 Å². The predicted octanol–water partition coefficient (Wildman–Crippen LogP) is 5.52. The molecule has 24 heavy (non-hydrogen) atoms. The molecule has 0 spiro atoms. The molecule has 0 saturated carbocycles. The third kappa shape index (κ3) is 4.11. The molecule has 2 nitrogen and oxygen atoms in total. The summed E-state index contributed by atoms with van der Waals surface area (Å²) in [5.74, 6) is 1.87. The number of rotatable bonds is 5. The molecule has 0 atom stereocenters. The molecule has 0 heterocycles. The van der Waals surface area contributed by atoms with Crippen LogP contribution in [0.3, 0.4) is 0 Å². The van der Waals surface area contributed by atoms with Crippen LogP contribution in [-0.2, 0) is 17.3 Å². The van der Waals surface area contributed by atoms with Crippen LogP contribution in [0.25, 0.3) is 0 Å². The summed E-state index contributed by atoms with van der Waals surface area (Å²) in [7, 11) is 3.45. The third-order valence-electron chi connectivity index (χ3n) is 4.57. The molecule has 0 unspecified atom stereocenters. The highest BCUT2D eigenvalue weighted by Gasteiger charge is 2.24. The van der Waals surface area contributed by atoms with Crippen LogP contribution in [0.4, 0.5) is 0 Å². The molecule has 130 valence electrons. The summed E-state index contributed by atoms with van der Waals surface area (Å²) in [4.78, 5) is 0. The molecule has 2 aromatic carbocycles. The zero-order chi connectivity index (χ0) is 18.0. The molecular weight excluding hydrogens is 296 g/mol. The van der Waals surface area contributed by atoms with E-state index < -0.39 is 0 Å². The standard InChI is InChI=1S/C22H30O2/c1-21(2,3)19-13-16(11-12-20(19)24-7)15-22(4,5)17-9-8-10-18(14-17)23-6/h8-14H,15H2,1-7H3. The molecule has 0 aliphatic rings. The van der Waals surface area contributed by atoms with E-state index in [-0.39, 0.29) is 10.8 Å². The smallest absolute Gasteiger partial charge is 0.122 e. The Morgan fingerprint density at radius 3 is 2.12 bits per heavy atom. The minimum absolute atomic E-state index is 0.0261. The van der Waals surface area contributed by atoms with Crippen molar-refractivity contribution >= 4 is 0 Å². The SMILES string of the molecule is COc1cccc(C(C)(C)Cc2ccc(OC)c(C(C)(C)C)c2)c1. The molecular formula is C22H30O2. The lowest BCUT2D eigenvalue weighted by molar-refractivity contribution is 0.396. The number of methoxy groups -OCH3 is 2. The van der Waals surface area contributed by atoms with Gasteiger partial charge in [0.15, 0.2) is 0 Å². The van der Waals surface area contributed by atoms with E-state index in [0.717, 1.165) is 17.9 Å². The fourth-order valence-corrected chi connectivity index (χ4v) is 3.11. The van der Waals surface area contributed by atoms with E-state index in [4.69, 9.17) is 9.47 Å². The van der Waals surface area contributed by atoms with E-state index in [1.165, 1.54) is 16.7 Å². The van der Waals surface area contributed by atoms with Gasteiger partial charge in [0.25, 0.3) is 0 Å². The molecule has 2 rings (SSSR count). The molecule has 2 heteroatoms. The number of ether oxygens (including phenoxy) is 2. The summed E-state index contributed by atoms with van der Waals surface area (Å²) in [6.07, 6.45) is 0.966. The van der Waals surface area contributed by atoms with Gasteiger partial charge in [0.1, 0.15) is 11.5 Å². The number of hydrogen-bond donors (Lipinski definition) is 0. The molecule has 0 N–H and O–H groups in total. The van der Waals surface area contributed by atoms with Crippen molar-refractivity contribution in [1.82, 2.24) is 0 Å². The molecule has 0 aliphatic heterocycles. The minimum Gasteiger partial charge on any atom is -0.497 e. The van der Waals surface area contributed by atoms with Gasteiger partial charge in [-0.05, 0) is 52.1 Å². The Bertz CT molecular complexity index is 693. The Hall–Kier alpha value is -1.96. The fourth-order valence-electron chi connectivity index (χ4n) is 3.11. The van der Waals surface area contributed by atoms with Crippen molar-refractivity contribution in [3.63, 3.8) is 0 Å². The van der Waals surface area contributed by atoms with Crippen molar-refractivity contribution in [2.45, 2.75) is 51.9 Å². The molecule has 0 radical (unpaired) electrons. The average molecular weight is 326 g/mol.